The lowest BCUT2D eigenvalue weighted by Gasteiger charge is -2.19. The second-order valence-electron chi connectivity index (χ2n) is 3.35. The molecule has 0 spiro atoms. The number of anilines is 1. The van der Waals surface area contributed by atoms with E-state index in [1.807, 2.05) is 0 Å². The fraction of sp³-hybridized carbons (Fsp3) is 0.333. The largest absolute Gasteiger partial charge is 0.463 e. The van der Waals surface area contributed by atoms with Crippen molar-refractivity contribution >= 4 is 23.2 Å². The molecule has 1 aromatic heterocycles. The van der Waals surface area contributed by atoms with E-state index in [9.17, 15) is 26.7 Å². The lowest BCUT2D eigenvalue weighted by atomic mass is 10.2. The van der Waals surface area contributed by atoms with Crippen LogP contribution in [-0.4, -0.2) is 23.0 Å². The number of hydrogen-bond acceptors (Lipinski definition) is 2. The maximum absolute atomic E-state index is 12.6. The fourth-order valence-electron chi connectivity index (χ4n) is 0.982. The molecule has 9 heteroatoms. The highest BCUT2D eigenvalue weighted by molar-refractivity contribution is 6.29. The van der Waals surface area contributed by atoms with Crippen molar-refractivity contribution in [1.82, 2.24) is 4.98 Å². The molecular weight excluding hydrogens is 283 g/mol. The van der Waals surface area contributed by atoms with Crippen LogP contribution in [0.5, 0.6) is 0 Å². The molecule has 1 N–H and O–H groups in total. The number of alkyl halides is 5. The summed E-state index contributed by atoms with van der Waals surface area (Å²) in [5.41, 5.74) is -0.0605. The van der Waals surface area contributed by atoms with Crippen molar-refractivity contribution in [1.29, 1.82) is 0 Å². The molecule has 100 valence electrons. The van der Waals surface area contributed by atoms with Gasteiger partial charge in [-0.3, -0.25) is 4.79 Å². The molecule has 0 bridgehead atoms. The number of carbonyl (C=O) groups is 1. The highest BCUT2D eigenvalue weighted by Crippen LogP contribution is 2.36. The summed E-state index contributed by atoms with van der Waals surface area (Å²) in [4.78, 5) is 14.3. The molecule has 1 aromatic rings. The molecule has 0 radical (unpaired) electrons. The molecule has 1 rings (SSSR count). The van der Waals surface area contributed by atoms with Crippen LogP contribution in [-0.2, 0) is 4.79 Å². The maximum Gasteiger partial charge on any atom is 0.463 e. The van der Waals surface area contributed by atoms with Gasteiger partial charge in [0.25, 0.3) is 0 Å². The van der Waals surface area contributed by atoms with E-state index in [2.05, 4.69) is 4.98 Å². The topological polar surface area (TPSA) is 42.0 Å². The number of aromatic nitrogens is 1. The van der Waals surface area contributed by atoms with Crippen LogP contribution in [0.3, 0.4) is 0 Å². The molecule has 0 aliphatic heterocycles. The molecule has 0 saturated heterocycles. The van der Waals surface area contributed by atoms with Gasteiger partial charge in [0.2, 0.25) is 0 Å². The molecule has 0 aromatic carbocycles. The summed E-state index contributed by atoms with van der Waals surface area (Å²) < 4.78 is 61.0. The van der Waals surface area contributed by atoms with E-state index in [1.165, 1.54) is 18.3 Å². The highest BCUT2D eigenvalue weighted by Gasteiger charge is 2.63. The predicted molar refractivity (Wildman–Crippen MR) is 53.6 cm³/mol. The van der Waals surface area contributed by atoms with E-state index in [4.69, 9.17) is 11.6 Å². The quantitative estimate of drug-likeness (QED) is 0.671. The van der Waals surface area contributed by atoms with Gasteiger partial charge in [-0.15, -0.1) is 0 Å². The normalized spacial score (nSPS) is 12.4. The lowest BCUT2D eigenvalue weighted by Crippen LogP contribution is -2.47. The Bertz CT molecular complexity index is 475. The van der Waals surface area contributed by atoms with Gasteiger partial charge in [-0.1, -0.05) is 11.6 Å². The van der Waals surface area contributed by atoms with Gasteiger partial charge in [-0.25, -0.2) is 4.98 Å². The van der Waals surface area contributed by atoms with Crippen LogP contribution in [0.15, 0.2) is 12.3 Å². The van der Waals surface area contributed by atoms with Crippen LogP contribution in [0.1, 0.15) is 5.56 Å². The first kappa shape index (κ1) is 14.6. The van der Waals surface area contributed by atoms with Crippen molar-refractivity contribution in [2.24, 2.45) is 0 Å². The molecule has 0 saturated carbocycles. The molecule has 0 aliphatic rings. The Morgan fingerprint density at radius 3 is 2.33 bits per heavy atom. The Balaban J connectivity index is 2.95. The first-order valence-corrected chi connectivity index (χ1v) is 4.81. The summed E-state index contributed by atoms with van der Waals surface area (Å²) >= 11 is 5.46. The third-order valence-electron chi connectivity index (χ3n) is 1.97. The molecule has 1 heterocycles. The van der Waals surface area contributed by atoms with Crippen molar-refractivity contribution in [3.8, 4) is 0 Å². The van der Waals surface area contributed by atoms with Crippen molar-refractivity contribution < 1.29 is 26.7 Å². The van der Waals surface area contributed by atoms with Gasteiger partial charge in [0.1, 0.15) is 5.15 Å². The Morgan fingerprint density at radius 2 is 1.89 bits per heavy atom. The van der Waals surface area contributed by atoms with Crippen LogP contribution in [0.2, 0.25) is 5.15 Å². The molecule has 1 amide bonds. The third kappa shape index (κ3) is 2.87. The van der Waals surface area contributed by atoms with Gasteiger partial charge in [-0.05, 0) is 18.6 Å². The van der Waals surface area contributed by atoms with Crippen molar-refractivity contribution in [3.05, 3.63) is 23.0 Å². The van der Waals surface area contributed by atoms with E-state index in [-0.39, 0.29) is 16.4 Å². The van der Waals surface area contributed by atoms with Gasteiger partial charge in [0, 0.05) is 0 Å². The van der Waals surface area contributed by atoms with Crippen LogP contribution in [0, 0.1) is 6.92 Å². The molecule has 3 nitrogen and oxygen atoms in total. The molecule has 0 aliphatic carbocycles. The first-order chi connectivity index (χ1) is 8.05. The number of nitrogens with zero attached hydrogens (tertiary/aromatic N) is 1. The number of aryl methyl sites for hydroxylation is 1. The number of carbonyl (C=O) groups excluding carboxylic acids is 1. The monoisotopic (exact) mass is 288 g/mol. The summed E-state index contributed by atoms with van der Waals surface area (Å²) in [6.45, 7) is 1.37. The van der Waals surface area contributed by atoms with E-state index < -0.39 is 18.0 Å². The average Bonchev–Trinajstić information content (AvgIpc) is 2.20. The Hall–Kier alpha value is -1.44. The van der Waals surface area contributed by atoms with Gasteiger partial charge < -0.3 is 5.32 Å². The zero-order valence-corrected chi connectivity index (χ0v) is 9.53. The fourth-order valence-corrected chi connectivity index (χ4v) is 1.19. The molecule has 18 heavy (non-hydrogen) atoms. The minimum absolute atomic E-state index is 0.0214. The van der Waals surface area contributed by atoms with Crippen LogP contribution < -0.4 is 5.32 Å². The minimum Gasteiger partial charge on any atom is -0.319 e. The zero-order valence-electron chi connectivity index (χ0n) is 8.78. The SMILES string of the molecule is Cc1cc(Cl)ncc1NC(=O)C(F)(F)C(F)(F)F. The van der Waals surface area contributed by atoms with Crippen molar-refractivity contribution in [2.75, 3.05) is 5.32 Å². The smallest absolute Gasteiger partial charge is 0.319 e. The second-order valence-corrected chi connectivity index (χ2v) is 3.74. The van der Waals surface area contributed by atoms with E-state index in [0.29, 0.717) is 0 Å². The second kappa shape index (κ2) is 4.68. The standard InChI is InChI=1S/C9H6ClF5N2O/c1-4-2-6(10)16-3-5(4)17-7(18)8(11,12)9(13,14)15/h2-3H,1H3,(H,17,18). The Morgan fingerprint density at radius 1 is 1.33 bits per heavy atom. The predicted octanol–water partition coefficient (Wildman–Crippen LogP) is 3.18. The number of nitrogens with one attached hydrogen (secondary N) is 1. The summed E-state index contributed by atoms with van der Waals surface area (Å²) in [6.07, 6.45) is -5.06. The van der Waals surface area contributed by atoms with E-state index in [0.717, 1.165) is 6.20 Å². The first-order valence-electron chi connectivity index (χ1n) is 4.44. The van der Waals surface area contributed by atoms with E-state index in [1.54, 1.807) is 0 Å². The highest BCUT2D eigenvalue weighted by atomic mass is 35.5. The Labute approximate surface area is 103 Å². The number of rotatable bonds is 2. The van der Waals surface area contributed by atoms with Gasteiger partial charge in [0.05, 0.1) is 11.9 Å². The van der Waals surface area contributed by atoms with E-state index >= 15 is 0 Å². The van der Waals surface area contributed by atoms with Crippen molar-refractivity contribution in [2.45, 2.75) is 19.0 Å². The van der Waals surface area contributed by atoms with Gasteiger partial charge >= 0.3 is 18.0 Å². The van der Waals surface area contributed by atoms with Gasteiger partial charge in [0.15, 0.2) is 0 Å². The average molecular weight is 289 g/mol. The lowest BCUT2D eigenvalue weighted by molar-refractivity contribution is -0.267. The minimum atomic E-state index is -5.95. The molecule has 0 atom stereocenters. The maximum atomic E-state index is 12.6. The number of amides is 1. The molecule has 0 unspecified atom stereocenters. The number of hydrogen-bond donors (Lipinski definition) is 1. The number of halogens is 6. The van der Waals surface area contributed by atoms with Crippen LogP contribution in [0.25, 0.3) is 0 Å². The third-order valence-corrected chi connectivity index (χ3v) is 2.17. The van der Waals surface area contributed by atoms with Crippen LogP contribution in [0.4, 0.5) is 27.6 Å². The summed E-state index contributed by atoms with van der Waals surface area (Å²) in [6, 6.07) is 1.21. The molecular formula is C9H6ClF5N2O. The molecule has 0 fully saturated rings. The van der Waals surface area contributed by atoms with Gasteiger partial charge in [-0.2, -0.15) is 22.0 Å². The van der Waals surface area contributed by atoms with Crippen molar-refractivity contribution in [3.63, 3.8) is 0 Å². The number of pyridine rings is 1. The Kier molecular flexibility index (Phi) is 3.80. The summed E-state index contributed by atoms with van der Waals surface area (Å²) in [5.74, 6) is -7.94. The summed E-state index contributed by atoms with van der Waals surface area (Å²) in [7, 11) is 0. The van der Waals surface area contributed by atoms with Crippen LogP contribution >= 0.6 is 11.6 Å². The zero-order chi connectivity index (χ0) is 14.1. The summed E-state index contributed by atoms with van der Waals surface area (Å²) in [5, 5.41) is 1.48.